The number of hydrogen-bond acceptors (Lipinski definition) is 6. The molecule has 0 aliphatic rings. The van der Waals surface area contributed by atoms with Crippen LogP contribution in [-0.4, -0.2) is 34.6 Å². The van der Waals surface area contributed by atoms with Gasteiger partial charge in [0, 0.05) is 34.8 Å². The molecular weight excluding hydrogens is 382 g/mol. The lowest BCUT2D eigenvalue weighted by Gasteiger charge is -2.15. The zero-order valence-corrected chi connectivity index (χ0v) is 15.8. The van der Waals surface area contributed by atoms with Gasteiger partial charge in [0.2, 0.25) is 5.95 Å². The molecule has 2 heterocycles. The number of carbonyl (C=O) groups excluding carboxylic acids is 1. The Morgan fingerprint density at radius 3 is 2.96 bits per heavy atom. The van der Waals surface area contributed by atoms with E-state index in [9.17, 15) is 9.59 Å². The molecule has 3 N–H and O–H groups in total. The van der Waals surface area contributed by atoms with Crippen LogP contribution in [0.4, 0.5) is 11.8 Å². The Bertz CT molecular complexity index is 1080. The molecule has 8 nitrogen and oxygen atoms in total. The number of aromatic amines is 1. The van der Waals surface area contributed by atoms with Crippen molar-refractivity contribution in [1.29, 1.82) is 0 Å². The summed E-state index contributed by atoms with van der Waals surface area (Å²) in [7, 11) is 1.43. The summed E-state index contributed by atoms with van der Waals surface area (Å²) in [5, 5.41) is 6.98. The van der Waals surface area contributed by atoms with Gasteiger partial charge in [-0.05, 0) is 30.3 Å². The fourth-order valence-corrected chi connectivity index (χ4v) is 2.82. The number of hydrogen-bond donors (Lipinski definition) is 3. The molecule has 0 saturated carbocycles. The van der Waals surface area contributed by atoms with Crippen molar-refractivity contribution in [1.82, 2.24) is 15.0 Å². The van der Waals surface area contributed by atoms with E-state index in [-0.39, 0.29) is 24.0 Å². The van der Waals surface area contributed by atoms with E-state index in [0.717, 1.165) is 5.39 Å². The summed E-state index contributed by atoms with van der Waals surface area (Å²) in [4.78, 5) is 35.3. The summed E-state index contributed by atoms with van der Waals surface area (Å²) in [6.45, 7) is 3.70. The number of anilines is 2. The first-order valence-corrected chi connectivity index (χ1v) is 8.71. The van der Waals surface area contributed by atoms with Crippen LogP contribution < -0.4 is 16.2 Å². The van der Waals surface area contributed by atoms with Crippen molar-refractivity contribution in [3.63, 3.8) is 0 Å². The number of amides is 1. The lowest BCUT2D eigenvalue weighted by Crippen LogP contribution is -2.22. The van der Waals surface area contributed by atoms with Crippen LogP contribution in [0.5, 0.6) is 0 Å². The monoisotopic (exact) mass is 399 g/mol. The van der Waals surface area contributed by atoms with Crippen LogP contribution in [0.15, 0.2) is 54.0 Å². The summed E-state index contributed by atoms with van der Waals surface area (Å²) in [5.41, 5.74) is 0.846. The highest BCUT2D eigenvalue weighted by atomic mass is 35.5. The van der Waals surface area contributed by atoms with E-state index >= 15 is 0 Å². The number of pyridine rings is 1. The van der Waals surface area contributed by atoms with Gasteiger partial charge in [-0.2, -0.15) is 4.98 Å². The molecule has 28 heavy (non-hydrogen) atoms. The molecule has 0 bridgehead atoms. The van der Waals surface area contributed by atoms with E-state index in [1.165, 1.54) is 13.3 Å². The largest absolute Gasteiger partial charge is 0.375 e. The van der Waals surface area contributed by atoms with Crippen molar-refractivity contribution in [2.45, 2.75) is 6.04 Å². The molecule has 3 aromatic rings. The second-order valence-electron chi connectivity index (χ2n) is 5.89. The van der Waals surface area contributed by atoms with Crippen LogP contribution in [0.3, 0.4) is 0 Å². The highest BCUT2D eigenvalue weighted by Gasteiger charge is 2.15. The minimum Gasteiger partial charge on any atom is -0.375 e. The first kappa shape index (κ1) is 19.5. The molecular formula is C19H18ClN5O3. The van der Waals surface area contributed by atoms with Crippen molar-refractivity contribution in [3.8, 4) is 0 Å². The maximum Gasteiger partial charge on any atom is 0.254 e. The van der Waals surface area contributed by atoms with Crippen LogP contribution in [0.1, 0.15) is 11.6 Å². The lowest BCUT2D eigenvalue weighted by atomic mass is 10.1. The number of fused-ring (bicyclic) bond motifs is 1. The van der Waals surface area contributed by atoms with Gasteiger partial charge in [-0.1, -0.05) is 17.7 Å². The van der Waals surface area contributed by atoms with E-state index in [4.69, 9.17) is 16.3 Å². The van der Waals surface area contributed by atoms with Crippen molar-refractivity contribution in [2.24, 2.45) is 0 Å². The first-order valence-electron chi connectivity index (χ1n) is 8.33. The Balaban J connectivity index is 1.88. The van der Waals surface area contributed by atoms with E-state index in [1.54, 1.807) is 36.4 Å². The van der Waals surface area contributed by atoms with Crippen molar-refractivity contribution >= 4 is 40.2 Å². The zero-order chi connectivity index (χ0) is 20.1. The quantitative estimate of drug-likeness (QED) is 0.527. The number of nitrogens with zero attached hydrogens (tertiary/aromatic N) is 2. The van der Waals surface area contributed by atoms with Gasteiger partial charge in [-0.3, -0.25) is 9.59 Å². The molecule has 0 aliphatic carbocycles. The van der Waals surface area contributed by atoms with Gasteiger partial charge in [0.25, 0.3) is 11.5 Å². The van der Waals surface area contributed by atoms with E-state index in [1.807, 2.05) is 0 Å². The first-order chi connectivity index (χ1) is 13.5. The third-order valence-electron chi connectivity index (χ3n) is 3.89. The molecule has 9 heteroatoms. The summed E-state index contributed by atoms with van der Waals surface area (Å²) in [6.07, 6.45) is 3.06. The lowest BCUT2D eigenvalue weighted by molar-refractivity contribution is -0.119. The average molecular weight is 400 g/mol. The predicted octanol–water partition coefficient (Wildman–Crippen LogP) is 2.90. The van der Waals surface area contributed by atoms with Gasteiger partial charge in [-0.25, -0.2) is 4.98 Å². The fraction of sp³-hybridized carbons (Fsp3) is 0.158. The molecule has 1 atom stereocenters. The van der Waals surface area contributed by atoms with Gasteiger partial charge in [0.15, 0.2) is 0 Å². The topological polar surface area (TPSA) is 109 Å². The van der Waals surface area contributed by atoms with Crippen LogP contribution >= 0.6 is 11.6 Å². The third-order valence-corrected chi connectivity index (χ3v) is 4.12. The number of rotatable bonds is 7. The number of halogens is 1. The molecule has 2 aromatic heterocycles. The highest BCUT2D eigenvalue weighted by Crippen LogP contribution is 2.22. The average Bonchev–Trinajstić information content (AvgIpc) is 2.66. The SMILES string of the molecule is C=C[C@H](Nc1nccc(NC(=O)COC)n1)c1cc2cc(Cl)ccc2[nH]c1=O. The number of H-pyrrole nitrogens is 1. The minimum atomic E-state index is -0.558. The number of ether oxygens (including phenoxy) is 1. The second kappa shape index (κ2) is 8.64. The van der Waals surface area contributed by atoms with E-state index in [0.29, 0.717) is 21.9 Å². The predicted molar refractivity (Wildman–Crippen MR) is 109 cm³/mol. The van der Waals surface area contributed by atoms with Gasteiger partial charge in [-0.15, -0.1) is 6.58 Å². The molecule has 3 rings (SSSR count). The normalized spacial score (nSPS) is 11.8. The summed E-state index contributed by atoms with van der Waals surface area (Å²) in [5.74, 6) is 0.197. The molecule has 0 spiro atoms. The molecule has 1 aromatic carbocycles. The highest BCUT2D eigenvalue weighted by molar-refractivity contribution is 6.31. The molecule has 0 fully saturated rings. The van der Waals surface area contributed by atoms with Crippen LogP contribution in [-0.2, 0) is 9.53 Å². The maximum atomic E-state index is 12.5. The molecule has 0 saturated heterocycles. The second-order valence-corrected chi connectivity index (χ2v) is 6.33. The van der Waals surface area contributed by atoms with Gasteiger partial charge in [0.05, 0.1) is 6.04 Å². The molecule has 1 amide bonds. The number of aromatic nitrogens is 3. The summed E-state index contributed by atoms with van der Waals surface area (Å²) >= 11 is 6.04. The molecule has 0 radical (unpaired) electrons. The van der Waals surface area contributed by atoms with Gasteiger partial charge >= 0.3 is 0 Å². The summed E-state index contributed by atoms with van der Waals surface area (Å²) < 4.78 is 4.77. The maximum absolute atomic E-state index is 12.5. The standard InChI is InChI=1S/C19H18ClN5O3/c1-3-14(13-9-11-8-12(20)4-5-15(11)22-18(13)27)23-19-21-7-6-16(25-19)24-17(26)10-28-2/h3-9,14H,1,10H2,2H3,(H,22,27)(H2,21,23,24,25,26)/t14-/m0/s1. The minimum absolute atomic E-state index is 0.0862. The number of carbonyl (C=O) groups is 1. The summed E-state index contributed by atoms with van der Waals surface area (Å²) in [6, 6.07) is 7.95. The van der Waals surface area contributed by atoms with Crippen molar-refractivity contribution in [3.05, 3.63) is 70.1 Å². The Morgan fingerprint density at radius 2 is 2.21 bits per heavy atom. The zero-order valence-electron chi connectivity index (χ0n) is 15.0. The molecule has 144 valence electrons. The molecule has 0 unspecified atom stereocenters. The Morgan fingerprint density at radius 1 is 1.39 bits per heavy atom. The number of benzene rings is 1. The number of nitrogens with one attached hydrogen (secondary N) is 3. The third kappa shape index (κ3) is 4.54. The van der Waals surface area contributed by atoms with E-state index < -0.39 is 6.04 Å². The Labute approximate surface area is 165 Å². The van der Waals surface area contributed by atoms with Gasteiger partial charge < -0.3 is 20.4 Å². The fourth-order valence-electron chi connectivity index (χ4n) is 2.64. The Kier molecular flexibility index (Phi) is 6.03. The van der Waals surface area contributed by atoms with Gasteiger partial charge in [0.1, 0.15) is 12.4 Å². The smallest absolute Gasteiger partial charge is 0.254 e. The molecule has 0 aliphatic heterocycles. The van der Waals surface area contributed by atoms with Crippen molar-refractivity contribution < 1.29 is 9.53 Å². The van der Waals surface area contributed by atoms with Crippen LogP contribution in [0, 0.1) is 0 Å². The number of methoxy groups -OCH3 is 1. The van der Waals surface area contributed by atoms with Crippen LogP contribution in [0.25, 0.3) is 10.9 Å². The van der Waals surface area contributed by atoms with E-state index in [2.05, 4.69) is 32.2 Å². The van der Waals surface area contributed by atoms with Crippen LogP contribution in [0.2, 0.25) is 5.02 Å². The van der Waals surface area contributed by atoms with Crippen molar-refractivity contribution in [2.75, 3.05) is 24.4 Å². The Hall–Kier alpha value is -3.23.